The lowest BCUT2D eigenvalue weighted by atomic mass is 10.1. The Morgan fingerprint density at radius 2 is 1.96 bits per heavy atom. The summed E-state index contributed by atoms with van der Waals surface area (Å²) in [6.45, 7) is 0.132. The van der Waals surface area contributed by atoms with E-state index in [-0.39, 0.29) is 18.2 Å². The van der Waals surface area contributed by atoms with E-state index in [0.717, 1.165) is 16.8 Å². The third-order valence-electron chi connectivity index (χ3n) is 4.50. The number of furan rings is 1. The first kappa shape index (κ1) is 16.9. The maximum Gasteiger partial charge on any atom is 0.287 e. The van der Waals surface area contributed by atoms with E-state index in [1.54, 1.807) is 23.5 Å². The van der Waals surface area contributed by atoms with Crippen LogP contribution in [0.1, 0.15) is 40.2 Å². The van der Waals surface area contributed by atoms with E-state index in [0.29, 0.717) is 17.6 Å². The zero-order chi connectivity index (χ0) is 18.9. The summed E-state index contributed by atoms with van der Waals surface area (Å²) >= 11 is 1.73. The number of hydrogen-bond acceptors (Lipinski definition) is 7. The van der Waals surface area contributed by atoms with Crippen molar-refractivity contribution >= 4 is 17.2 Å². The van der Waals surface area contributed by atoms with Crippen molar-refractivity contribution in [1.82, 2.24) is 20.4 Å². The van der Waals surface area contributed by atoms with Crippen LogP contribution in [0.2, 0.25) is 0 Å². The number of nitrogens with zero attached hydrogens (tertiary/aromatic N) is 3. The fourth-order valence-corrected chi connectivity index (χ4v) is 3.82. The van der Waals surface area contributed by atoms with E-state index in [1.165, 1.54) is 24.1 Å². The molecule has 0 spiro atoms. The first-order chi connectivity index (χ1) is 13.8. The minimum absolute atomic E-state index is 0.132. The van der Waals surface area contributed by atoms with Crippen LogP contribution in [0.25, 0.3) is 22.6 Å². The molecule has 140 valence electrons. The largest absolute Gasteiger partial charge is 0.459 e. The lowest BCUT2D eigenvalue weighted by molar-refractivity contribution is 0.0918. The molecule has 1 fully saturated rings. The maximum absolute atomic E-state index is 11.9. The van der Waals surface area contributed by atoms with Crippen molar-refractivity contribution < 1.29 is 13.7 Å². The average Bonchev–Trinajstić information content (AvgIpc) is 3.16. The van der Waals surface area contributed by atoms with Crippen LogP contribution in [0.3, 0.4) is 0 Å². The Kier molecular flexibility index (Phi) is 4.25. The molecule has 28 heavy (non-hydrogen) atoms. The number of rotatable bonds is 6. The highest BCUT2D eigenvalue weighted by molar-refractivity contribution is 7.10. The maximum atomic E-state index is 11.9. The molecule has 0 unspecified atom stereocenters. The number of carbonyl (C=O) groups excluding carboxylic acids is 1. The van der Waals surface area contributed by atoms with Gasteiger partial charge >= 0.3 is 0 Å². The van der Waals surface area contributed by atoms with Crippen LogP contribution in [-0.4, -0.2) is 21.0 Å². The van der Waals surface area contributed by atoms with Gasteiger partial charge in [0.05, 0.1) is 23.5 Å². The molecule has 1 N–H and O–H groups in total. The Balaban J connectivity index is 1.25. The van der Waals surface area contributed by atoms with Crippen LogP contribution in [-0.2, 0) is 6.54 Å². The normalized spacial score (nSPS) is 13.6. The topological polar surface area (TPSA) is 94.1 Å². The van der Waals surface area contributed by atoms with Crippen molar-refractivity contribution in [3.05, 3.63) is 64.7 Å². The van der Waals surface area contributed by atoms with E-state index >= 15 is 0 Å². The number of thiazole rings is 1. The quantitative estimate of drug-likeness (QED) is 0.527. The lowest BCUT2D eigenvalue weighted by Crippen LogP contribution is -2.22. The zero-order valence-corrected chi connectivity index (χ0v) is 15.6. The second-order valence-corrected chi connectivity index (χ2v) is 7.48. The van der Waals surface area contributed by atoms with Gasteiger partial charge in [0.2, 0.25) is 11.7 Å². The van der Waals surface area contributed by atoms with Gasteiger partial charge in [-0.25, -0.2) is 4.98 Å². The van der Waals surface area contributed by atoms with Gasteiger partial charge in [0.25, 0.3) is 5.91 Å². The number of benzene rings is 1. The first-order valence-corrected chi connectivity index (χ1v) is 9.85. The third-order valence-corrected chi connectivity index (χ3v) is 5.51. The second-order valence-electron chi connectivity index (χ2n) is 6.59. The molecule has 0 radical (unpaired) electrons. The van der Waals surface area contributed by atoms with Gasteiger partial charge in [-0.15, -0.1) is 11.3 Å². The van der Waals surface area contributed by atoms with Gasteiger partial charge in [-0.3, -0.25) is 4.79 Å². The molecular formula is C20H16N4O3S. The van der Waals surface area contributed by atoms with E-state index in [9.17, 15) is 4.79 Å². The molecule has 0 aliphatic heterocycles. The molecule has 3 heterocycles. The Hall–Kier alpha value is -3.26. The number of nitrogens with one attached hydrogen (secondary N) is 1. The molecule has 3 aromatic heterocycles. The Morgan fingerprint density at radius 1 is 1.14 bits per heavy atom. The van der Waals surface area contributed by atoms with Crippen LogP contribution < -0.4 is 5.32 Å². The highest BCUT2D eigenvalue weighted by Crippen LogP contribution is 2.42. The minimum Gasteiger partial charge on any atom is -0.459 e. The van der Waals surface area contributed by atoms with Crippen LogP contribution >= 0.6 is 11.3 Å². The number of amides is 1. The molecule has 7 nitrogen and oxygen atoms in total. The van der Waals surface area contributed by atoms with Gasteiger partial charge in [0.1, 0.15) is 0 Å². The van der Waals surface area contributed by atoms with Crippen molar-refractivity contribution in [2.75, 3.05) is 0 Å². The molecule has 4 aromatic rings. The Bertz CT molecular complexity index is 1090. The summed E-state index contributed by atoms with van der Waals surface area (Å²) in [5.41, 5.74) is 2.92. The summed E-state index contributed by atoms with van der Waals surface area (Å²) < 4.78 is 10.3. The van der Waals surface area contributed by atoms with E-state index in [2.05, 4.69) is 20.8 Å². The Labute approximate surface area is 164 Å². The van der Waals surface area contributed by atoms with Crippen molar-refractivity contribution in [2.24, 2.45) is 0 Å². The molecule has 1 saturated carbocycles. The summed E-state index contributed by atoms with van der Waals surface area (Å²) in [7, 11) is 0. The number of hydrogen-bond donors (Lipinski definition) is 1. The summed E-state index contributed by atoms with van der Waals surface area (Å²) in [6, 6.07) is 11.2. The fraction of sp³-hybridized carbons (Fsp3) is 0.200. The minimum atomic E-state index is -0.331. The molecule has 0 saturated heterocycles. The summed E-state index contributed by atoms with van der Waals surface area (Å²) in [5, 5.41) is 10.0. The van der Waals surface area contributed by atoms with Crippen LogP contribution in [0.5, 0.6) is 0 Å². The predicted octanol–water partition coefficient (Wildman–Crippen LogP) is 4.26. The molecule has 1 aromatic carbocycles. The average molecular weight is 392 g/mol. The van der Waals surface area contributed by atoms with Gasteiger partial charge in [-0.1, -0.05) is 29.4 Å². The van der Waals surface area contributed by atoms with Gasteiger partial charge in [0.15, 0.2) is 5.76 Å². The van der Waals surface area contributed by atoms with Gasteiger partial charge < -0.3 is 14.3 Å². The van der Waals surface area contributed by atoms with Gasteiger partial charge in [0, 0.05) is 22.4 Å². The number of carbonyl (C=O) groups is 1. The summed E-state index contributed by atoms with van der Waals surface area (Å²) in [5.74, 6) is 1.38. The molecule has 1 amide bonds. The van der Waals surface area contributed by atoms with Crippen LogP contribution in [0.4, 0.5) is 0 Å². The molecule has 0 bridgehead atoms. The lowest BCUT2D eigenvalue weighted by Gasteiger charge is -1.99. The zero-order valence-electron chi connectivity index (χ0n) is 14.8. The van der Waals surface area contributed by atoms with Crippen molar-refractivity contribution in [2.45, 2.75) is 25.3 Å². The van der Waals surface area contributed by atoms with Crippen molar-refractivity contribution in [1.29, 1.82) is 0 Å². The molecule has 1 aliphatic carbocycles. The van der Waals surface area contributed by atoms with Crippen LogP contribution in [0, 0.1) is 0 Å². The third kappa shape index (κ3) is 3.46. The van der Waals surface area contributed by atoms with Crippen molar-refractivity contribution in [3.63, 3.8) is 0 Å². The second kappa shape index (κ2) is 7.05. The standard InChI is InChI=1S/C20H16N4O3S/c25-19(16-2-1-9-26-16)21-10-17-23-18(24-27-17)13-5-3-12(4-6-13)15-11-28-20(22-15)14-7-8-14/h1-6,9,11,14H,7-8,10H2,(H,21,25). The molecule has 0 atom stereocenters. The number of aromatic nitrogens is 3. The van der Waals surface area contributed by atoms with E-state index in [4.69, 9.17) is 13.9 Å². The first-order valence-electron chi connectivity index (χ1n) is 8.97. The molecule has 5 rings (SSSR count). The highest BCUT2D eigenvalue weighted by Gasteiger charge is 2.26. The smallest absolute Gasteiger partial charge is 0.287 e. The molecule has 8 heteroatoms. The SMILES string of the molecule is O=C(NCc1nc(-c2ccc(-c3csc(C4CC4)n3)cc2)no1)c1ccco1. The molecule has 1 aliphatic rings. The fourth-order valence-electron chi connectivity index (χ4n) is 2.82. The predicted molar refractivity (Wildman–Crippen MR) is 103 cm³/mol. The van der Waals surface area contributed by atoms with E-state index < -0.39 is 0 Å². The van der Waals surface area contributed by atoms with E-state index in [1.807, 2.05) is 24.3 Å². The van der Waals surface area contributed by atoms with Gasteiger partial charge in [-0.05, 0) is 25.0 Å². The van der Waals surface area contributed by atoms with Crippen LogP contribution in [0.15, 0.2) is 57.0 Å². The summed E-state index contributed by atoms with van der Waals surface area (Å²) in [6.07, 6.45) is 3.96. The highest BCUT2D eigenvalue weighted by atomic mass is 32.1. The summed E-state index contributed by atoms with van der Waals surface area (Å²) in [4.78, 5) is 20.9. The molecular weight excluding hydrogens is 376 g/mol. The monoisotopic (exact) mass is 392 g/mol. The Morgan fingerprint density at radius 3 is 2.71 bits per heavy atom. The van der Waals surface area contributed by atoms with Gasteiger partial charge in [-0.2, -0.15) is 4.98 Å². The van der Waals surface area contributed by atoms with Crippen molar-refractivity contribution in [3.8, 4) is 22.6 Å².